The molecular weight excluding hydrogens is 324 g/mol. The summed E-state index contributed by atoms with van der Waals surface area (Å²) in [5.74, 6) is 0.215. The Morgan fingerprint density at radius 1 is 1.21 bits per heavy atom. The van der Waals surface area contributed by atoms with Crippen molar-refractivity contribution in [2.75, 3.05) is 13.1 Å². The van der Waals surface area contributed by atoms with Crippen LogP contribution in [0.1, 0.15) is 38.3 Å². The van der Waals surface area contributed by atoms with Crippen LogP contribution in [0.25, 0.3) is 5.65 Å². The fourth-order valence-corrected chi connectivity index (χ4v) is 4.54. The second kappa shape index (κ2) is 6.37. The van der Waals surface area contributed by atoms with E-state index in [-0.39, 0.29) is 5.91 Å². The maximum atomic E-state index is 11.9. The smallest absolute Gasteiger partial charge is 0.219 e. The van der Waals surface area contributed by atoms with Crippen molar-refractivity contribution in [2.45, 2.75) is 51.2 Å². The SMILES string of the molecule is CC(=O)N1CCC[C@@H]1[C@@H]1CCCN1Cc1cn2cc(Cl)ccc2n1. The van der Waals surface area contributed by atoms with Crippen LogP contribution in [0.2, 0.25) is 5.02 Å². The fourth-order valence-electron chi connectivity index (χ4n) is 4.37. The monoisotopic (exact) mass is 346 g/mol. The van der Waals surface area contributed by atoms with E-state index in [1.54, 1.807) is 6.92 Å². The van der Waals surface area contributed by atoms with Crippen LogP contribution in [0, 0.1) is 0 Å². The lowest BCUT2D eigenvalue weighted by atomic mass is 10.0. The Morgan fingerprint density at radius 3 is 2.83 bits per heavy atom. The van der Waals surface area contributed by atoms with E-state index in [9.17, 15) is 4.79 Å². The number of likely N-dealkylation sites (tertiary alicyclic amines) is 2. The molecule has 2 saturated heterocycles. The van der Waals surface area contributed by atoms with Crippen LogP contribution in [0.5, 0.6) is 0 Å². The Morgan fingerprint density at radius 2 is 2.00 bits per heavy atom. The Labute approximate surface area is 147 Å². The highest BCUT2D eigenvalue weighted by molar-refractivity contribution is 6.30. The van der Waals surface area contributed by atoms with E-state index >= 15 is 0 Å². The summed E-state index contributed by atoms with van der Waals surface area (Å²) < 4.78 is 1.99. The molecule has 0 aliphatic carbocycles. The largest absolute Gasteiger partial charge is 0.338 e. The number of halogens is 1. The van der Waals surface area contributed by atoms with Gasteiger partial charge in [0.1, 0.15) is 5.65 Å². The molecule has 2 aromatic heterocycles. The van der Waals surface area contributed by atoms with Crippen molar-refractivity contribution in [3.8, 4) is 0 Å². The third-order valence-electron chi connectivity index (χ3n) is 5.39. The van der Waals surface area contributed by atoms with Crippen LogP contribution in [-0.2, 0) is 11.3 Å². The molecule has 0 aromatic carbocycles. The molecule has 0 saturated carbocycles. The standard InChI is InChI=1S/C18H23ClN4O/c1-13(24)23-9-3-5-17(23)16-4-2-8-21(16)11-15-12-22-10-14(19)6-7-18(22)20-15/h6-7,10,12,16-17H,2-5,8-9,11H2,1H3/t16-,17+/m0/s1. The van der Waals surface area contributed by atoms with E-state index in [0.717, 1.165) is 43.8 Å². The summed E-state index contributed by atoms with van der Waals surface area (Å²) >= 11 is 6.06. The van der Waals surface area contributed by atoms with Gasteiger partial charge in [-0.1, -0.05) is 11.6 Å². The van der Waals surface area contributed by atoms with E-state index in [1.165, 1.54) is 12.8 Å². The number of nitrogens with zero attached hydrogens (tertiary/aromatic N) is 4. The molecule has 2 aliphatic heterocycles. The number of pyridine rings is 1. The number of hydrogen-bond acceptors (Lipinski definition) is 3. The quantitative estimate of drug-likeness (QED) is 0.858. The molecule has 6 heteroatoms. The van der Waals surface area contributed by atoms with Crippen molar-refractivity contribution in [3.63, 3.8) is 0 Å². The second-order valence-electron chi connectivity index (χ2n) is 6.95. The molecule has 5 nitrogen and oxygen atoms in total. The predicted octanol–water partition coefficient (Wildman–Crippen LogP) is 2.96. The number of aromatic nitrogens is 2. The molecule has 128 valence electrons. The number of carbonyl (C=O) groups is 1. The first-order chi connectivity index (χ1) is 11.6. The first-order valence-corrected chi connectivity index (χ1v) is 9.14. The second-order valence-corrected chi connectivity index (χ2v) is 7.38. The lowest BCUT2D eigenvalue weighted by Gasteiger charge is -2.34. The molecule has 2 fully saturated rings. The number of amides is 1. The van der Waals surface area contributed by atoms with Gasteiger partial charge in [-0.15, -0.1) is 0 Å². The van der Waals surface area contributed by atoms with Gasteiger partial charge in [0.2, 0.25) is 5.91 Å². The molecule has 2 aromatic rings. The van der Waals surface area contributed by atoms with Crippen molar-refractivity contribution < 1.29 is 4.79 Å². The highest BCUT2D eigenvalue weighted by atomic mass is 35.5. The first-order valence-electron chi connectivity index (χ1n) is 8.76. The van der Waals surface area contributed by atoms with Gasteiger partial charge in [-0.25, -0.2) is 4.98 Å². The van der Waals surface area contributed by atoms with Crippen molar-refractivity contribution >= 4 is 23.2 Å². The highest BCUT2D eigenvalue weighted by Gasteiger charge is 2.38. The van der Waals surface area contributed by atoms with E-state index in [1.807, 2.05) is 22.7 Å². The molecule has 4 heterocycles. The van der Waals surface area contributed by atoms with Crippen LogP contribution >= 0.6 is 11.6 Å². The van der Waals surface area contributed by atoms with Crippen molar-refractivity contribution in [3.05, 3.63) is 35.2 Å². The molecule has 1 amide bonds. The van der Waals surface area contributed by atoms with Gasteiger partial charge >= 0.3 is 0 Å². The van der Waals surface area contributed by atoms with E-state index in [2.05, 4.69) is 16.0 Å². The number of imidazole rings is 1. The van der Waals surface area contributed by atoms with Gasteiger partial charge in [0.05, 0.1) is 10.7 Å². The van der Waals surface area contributed by atoms with Gasteiger partial charge in [0, 0.05) is 44.5 Å². The molecule has 4 rings (SSSR count). The third kappa shape index (κ3) is 2.91. The van der Waals surface area contributed by atoms with Crippen LogP contribution < -0.4 is 0 Å². The van der Waals surface area contributed by atoms with E-state index < -0.39 is 0 Å². The molecule has 2 aliphatic rings. The highest BCUT2D eigenvalue weighted by Crippen LogP contribution is 2.31. The summed E-state index contributed by atoms with van der Waals surface area (Å²) in [5.41, 5.74) is 1.99. The first kappa shape index (κ1) is 15.9. The van der Waals surface area contributed by atoms with Gasteiger partial charge < -0.3 is 9.30 Å². The van der Waals surface area contributed by atoms with Gasteiger partial charge in [-0.05, 0) is 44.4 Å². The van der Waals surface area contributed by atoms with Gasteiger partial charge in [-0.3, -0.25) is 9.69 Å². The molecule has 24 heavy (non-hydrogen) atoms. The lowest BCUT2D eigenvalue weighted by molar-refractivity contribution is -0.130. The summed E-state index contributed by atoms with van der Waals surface area (Å²) in [6, 6.07) is 4.65. The maximum absolute atomic E-state index is 11.9. The molecule has 0 N–H and O–H groups in total. The Kier molecular flexibility index (Phi) is 4.22. The van der Waals surface area contributed by atoms with Crippen LogP contribution in [-0.4, -0.2) is 50.3 Å². The summed E-state index contributed by atoms with van der Waals surface area (Å²) in [6.07, 6.45) is 8.58. The van der Waals surface area contributed by atoms with Gasteiger partial charge in [0.25, 0.3) is 0 Å². The molecule has 0 unspecified atom stereocenters. The zero-order valence-corrected chi connectivity index (χ0v) is 14.7. The lowest BCUT2D eigenvalue weighted by Crippen LogP contribution is -2.47. The topological polar surface area (TPSA) is 40.9 Å². The number of fused-ring (bicyclic) bond motifs is 1. The van der Waals surface area contributed by atoms with E-state index in [4.69, 9.17) is 16.6 Å². The van der Waals surface area contributed by atoms with Crippen molar-refractivity contribution in [1.29, 1.82) is 0 Å². The van der Waals surface area contributed by atoms with Crippen LogP contribution in [0.4, 0.5) is 0 Å². The molecule has 0 bridgehead atoms. The number of rotatable bonds is 3. The van der Waals surface area contributed by atoms with Crippen molar-refractivity contribution in [1.82, 2.24) is 19.2 Å². The molecule has 0 radical (unpaired) electrons. The Bertz CT molecular complexity index is 759. The minimum absolute atomic E-state index is 0.215. The van der Waals surface area contributed by atoms with Crippen LogP contribution in [0.3, 0.4) is 0 Å². The van der Waals surface area contributed by atoms with Crippen molar-refractivity contribution in [2.24, 2.45) is 0 Å². The number of hydrogen-bond donors (Lipinski definition) is 0. The molecule has 2 atom stereocenters. The normalized spacial score (nSPS) is 25.0. The average Bonchev–Trinajstić information content (AvgIpc) is 3.24. The zero-order valence-electron chi connectivity index (χ0n) is 14.0. The predicted molar refractivity (Wildman–Crippen MR) is 94.0 cm³/mol. The number of carbonyl (C=O) groups excluding carboxylic acids is 1. The maximum Gasteiger partial charge on any atom is 0.219 e. The fraction of sp³-hybridized carbons (Fsp3) is 0.556. The molecular formula is C18H23ClN4O. The third-order valence-corrected chi connectivity index (χ3v) is 5.62. The minimum Gasteiger partial charge on any atom is -0.338 e. The zero-order chi connectivity index (χ0) is 16.7. The summed E-state index contributed by atoms with van der Waals surface area (Å²) in [6.45, 7) is 4.54. The van der Waals surface area contributed by atoms with E-state index in [0.29, 0.717) is 17.1 Å². The van der Waals surface area contributed by atoms with Gasteiger partial charge in [-0.2, -0.15) is 0 Å². The van der Waals surface area contributed by atoms with Gasteiger partial charge in [0.15, 0.2) is 0 Å². The Hall–Kier alpha value is -1.59. The summed E-state index contributed by atoms with van der Waals surface area (Å²) in [4.78, 5) is 21.2. The summed E-state index contributed by atoms with van der Waals surface area (Å²) in [7, 11) is 0. The average molecular weight is 347 g/mol. The molecule has 0 spiro atoms. The Balaban J connectivity index is 1.53. The van der Waals surface area contributed by atoms with Crippen LogP contribution in [0.15, 0.2) is 24.5 Å². The minimum atomic E-state index is 0.215. The summed E-state index contributed by atoms with van der Waals surface area (Å²) in [5, 5.41) is 0.716.